The zero-order valence-electron chi connectivity index (χ0n) is 16.4. The van der Waals surface area contributed by atoms with Gasteiger partial charge in [-0.1, -0.05) is 24.3 Å². The summed E-state index contributed by atoms with van der Waals surface area (Å²) in [6.45, 7) is 0.371. The summed E-state index contributed by atoms with van der Waals surface area (Å²) >= 11 is 0. The second-order valence-electron chi connectivity index (χ2n) is 7.24. The van der Waals surface area contributed by atoms with Crippen molar-refractivity contribution in [3.63, 3.8) is 0 Å². The number of amides is 1. The normalized spacial score (nSPS) is 17.4. The lowest BCUT2D eigenvalue weighted by atomic mass is 10.1. The first kappa shape index (κ1) is 20.9. The largest absolute Gasteiger partial charge is 0.497 e. The average Bonchev–Trinajstić information content (AvgIpc) is 3.10. The van der Waals surface area contributed by atoms with Gasteiger partial charge in [0.2, 0.25) is 5.91 Å². The predicted octanol–water partition coefficient (Wildman–Crippen LogP) is 2.72. The topological polar surface area (TPSA) is 87.5 Å². The summed E-state index contributed by atoms with van der Waals surface area (Å²) in [5.74, 6) is 0.814. The summed E-state index contributed by atoms with van der Waals surface area (Å²) in [4.78, 5) is 14.7. The molecule has 0 aliphatic carbocycles. The molecule has 0 radical (unpaired) electrons. The van der Waals surface area contributed by atoms with Crippen molar-refractivity contribution in [2.45, 2.75) is 31.8 Å². The van der Waals surface area contributed by atoms with Gasteiger partial charge in [-0.15, -0.1) is 0 Å². The molecular weight excluding hydrogens is 388 g/mol. The molecule has 1 fully saturated rings. The van der Waals surface area contributed by atoms with Crippen molar-refractivity contribution in [2.24, 2.45) is 0 Å². The van der Waals surface area contributed by atoms with Crippen LogP contribution in [0.25, 0.3) is 0 Å². The van der Waals surface area contributed by atoms with Crippen molar-refractivity contribution in [1.82, 2.24) is 4.90 Å². The molecule has 1 heterocycles. The van der Waals surface area contributed by atoms with Crippen LogP contribution in [0.5, 0.6) is 5.75 Å². The van der Waals surface area contributed by atoms with Gasteiger partial charge in [0.15, 0.2) is 9.84 Å². The van der Waals surface area contributed by atoms with Crippen LogP contribution in [0, 0.1) is 11.3 Å². The molecular formula is C22H24N2O4S. The van der Waals surface area contributed by atoms with Crippen LogP contribution in [0.3, 0.4) is 0 Å². The molecule has 2 aromatic rings. The SMILES string of the molecule is COc1ccc(CN(C(=O)CCc2ccc(C#N)cc2)C2CCS(=O)(=O)C2)cc1. The molecule has 1 saturated heterocycles. The summed E-state index contributed by atoms with van der Waals surface area (Å²) in [5.41, 5.74) is 2.49. The number of carbonyl (C=O) groups is 1. The molecule has 1 aliphatic heterocycles. The minimum atomic E-state index is -3.10. The van der Waals surface area contributed by atoms with Gasteiger partial charge in [0.05, 0.1) is 30.2 Å². The van der Waals surface area contributed by atoms with Gasteiger partial charge in [0.1, 0.15) is 5.75 Å². The molecule has 0 spiro atoms. The van der Waals surface area contributed by atoms with Gasteiger partial charge in [-0.3, -0.25) is 4.79 Å². The predicted molar refractivity (Wildman–Crippen MR) is 110 cm³/mol. The third-order valence-electron chi connectivity index (χ3n) is 5.19. The molecule has 152 valence electrons. The van der Waals surface area contributed by atoms with Crippen LogP contribution in [-0.2, 0) is 27.6 Å². The Bertz CT molecular complexity index is 993. The van der Waals surface area contributed by atoms with Crippen molar-refractivity contribution in [3.05, 3.63) is 65.2 Å². The molecule has 0 saturated carbocycles. The maximum Gasteiger partial charge on any atom is 0.223 e. The Labute approximate surface area is 171 Å². The van der Waals surface area contributed by atoms with Crippen LogP contribution in [0.2, 0.25) is 0 Å². The van der Waals surface area contributed by atoms with Gasteiger partial charge < -0.3 is 9.64 Å². The molecule has 2 aromatic carbocycles. The molecule has 29 heavy (non-hydrogen) atoms. The maximum absolute atomic E-state index is 13.0. The lowest BCUT2D eigenvalue weighted by Crippen LogP contribution is -2.40. The van der Waals surface area contributed by atoms with E-state index >= 15 is 0 Å². The fraction of sp³-hybridized carbons (Fsp3) is 0.364. The number of nitrogens with zero attached hydrogens (tertiary/aromatic N) is 2. The smallest absolute Gasteiger partial charge is 0.223 e. The number of rotatable bonds is 7. The molecule has 0 aromatic heterocycles. The van der Waals surface area contributed by atoms with Gasteiger partial charge in [-0.2, -0.15) is 5.26 Å². The summed E-state index contributed by atoms with van der Waals surface area (Å²) < 4.78 is 29.1. The number of hydrogen-bond donors (Lipinski definition) is 0. The van der Waals surface area contributed by atoms with Gasteiger partial charge >= 0.3 is 0 Å². The molecule has 7 heteroatoms. The Hall–Kier alpha value is -2.85. The van der Waals surface area contributed by atoms with Gasteiger partial charge in [-0.05, 0) is 48.2 Å². The molecule has 0 bridgehead atoms. The van der Waals surface area contributed by atoms with Gasteiger partial charge in [-0.25, -0.2) is 8.42 Å². The van der Waals surface area contributed by atoms with Crippen molar-refractivity contribution in [3.8, 4) is 11.8 Å². The number of carbonyl (C=O) groups excluding carboxylic acids is 1. The molecule has 1 unspecified atom stereocenters. The Balaban J connectivity index is 1.72. The van der Waals surface area contributed by atoms with Crippen LogP contribution in [0.4, 0.5) is 0 Å². The molecule has 6 nitrogen and oxygen atoms in total. The summed E-state index contributed by atoms with van der Waals surface area (Å²) in [6, 6.07) is 16.4. The number of ether oxygens (including phenoxy) is 1. The number of benzene rings is 2. The highest BCUT2D eigenvalue weighted by Crippen LogP contribution is 2.22. The maximum atomic E-state index is 13.0. The fourth-order valence-corrected chi connectivity index (χ4v) is 5.24. The van der Waals surface area contributed by atoms with Crippen LogP contribution < -0.4 is 4.74 Å². The Morgan fingerprint density at radius 1 is 1.14 bits per heavy atom. The molecule has 1 aliphatic rings. The second kappa shape index (κ2) is 9.10. The standard InChI is InChI=1S/C22H24N2O4S/c1-28-21-9-6-19(7-10-21)15-24(20-12-13-29(26,27)16-20)22(25)11-8-17-2-4-18(14-23)5-3-17/h2-7,9-10,20H,8,11-13,15-16H2,1H3. The zero-order chi connectivity index (χ0) is 20.9. The van der Waals surface area contributed by atoms with Gasteiger partial charge in [0.25, 0.3) is 0 Å². The highest BCUT2D eigenvalue weighted by molar-refractivity contribution is 7.91. The van der Waals surface area contributed by atoms with Crippen LogP contribution in [0.1, 0.15) is 29.5 Å². The average molecular weight is 413 g/mol. The van der Waals surface area contributed by atoms with E-state index in [0.29, 0.717) is 31.4 Å². The Kier molecular flexibility index (Phi) is 6.55. The third-order valence-corrected chi connectivity index (χ3v) is 6.94. The highest BCUT2D eigenvalue weighted by atomic mass is 32.2. The zero-order valence-corrected chi connectivity index (χ0v) is 17.2. The van der Waals surface area contributed by atoms with E-state index in [1.165, 1.54) is 0 Å². The monoisotopic (exact) mass is 412 g/mol. The quantitative estimate of drug-likeness (QED) is 0.698. The van der Waals surface area contributed by atoms with Crippen molar-refractivity contribution in [2.75, 3.05) is 18.6 Å². The molecule has 3 rings (SSSR count). The minimum Gasteiger partial charge on any atom is -0.497 e. The summed E-state index contributed by atoms with van der Waals surface area (Å²) in [7, 11) is -1.50. The fourth-order valence-electron chi connectivity index (χ4n) is 3.51. The third kappa shape index (κ3) is 5.58. The lowest BCUT2D eigenvalue weighted by Gasteiger charge is -2.28. The van der Waals surface area contributed by atoms with Gasteiger partial charge in [0, 0.05) is 19.0 Å². The van der Waals surface area contributed by atoms with Crippen LogP contribution in [0.15, 0.2) is 48.5 Å². The first-order valence-electron chi connectivity index (χ1n) is 9.52. The van der Waals surface area contributed by atoms with E-state index in [-0.39, 0.29) is 23.5 Å². The molecule has 1 atom stereocenters. The number of nitriles is 1. The number of aryl methyl sites for hydroxylation is 1. The van der Waals surface area contributed by atoms with Crippen molar-refractivity contribution < 1.29 is 17.9 Å². The van der Waals surface area contributed by atoms with E-state index in [4.69, 9.17) is 10.00 Å². The highest BCUT2D eigenvalue weighted by Gasteiger charge is 2.34. The van der Waals surface area contributed by atoms with E-state index in [0.717, 1.165) is 16.9 Å². The molecule has 1 amide bonds. The Morgan fingerprint density at radius 3 is 2.34 bits per heavy atom. The van der Waals surface area contributed by atoms with E-state index in [1.807, 2.05) is 36.4 Å². The van der Waals surface area contributed by atoms with E-state index in [2.05, 4.69) is 6.07 Å². The first-order valence-corrected chi connectivity index (χ1v) is 11.3. The van der Waals surface area contributed by atoms with E-state index in [9.17, 15) is 13.2 Å². The summed E-state index contributed by atoms with van der Waals surface area (Å²) in [5, 5.41) is 8.89. The van der Waals surface area contributed by atoms with Crippen molar-refractivity contribution in [1.29, 1.82) is 5.26 Å². The number of methoxy groups -OCH3 is 1. The van der Waals surface area contributed by atoms with E-state index < -0.39 is 9.84 Å². The lowest BCUT2D eigenvalue weighted by molar-refractivity contribution is -0.133. The minimum absolute atomic E-state index is 0.0196. The Morgan fingerprint density at radius 2 is 1.79 bits per heavy atom. The second-order valence-corrected chi connectivity index (χ2v) is 9.46. The van der Waals surface area contributed by atoms with Crippen LogP contribution >= 0.6 is 0 Å². The van der Waals surface area contributed by atoms with E-state index in [1.54, 1.807) is 24.1 Å². The van der Waals surface area contributed by atoms with Crippen LogP contribution in [-0.4, -0.2) is 43.9 Å². The summed E-state index contributed by atoms with van der Waals surface area (Å²) in [6.07, 6.45) is 1.31. The van der Waals surface area contributed by atoms with Crippen molar-refractivity contribution >= 4 is 15.7 Å². The first-order chi connectivity index (χ1) is 13.9. The number of hydrogen-bond acceptors (Lipinski definition) is 5. The number of sulfone groups is 1. The molecule has 0 N–H and O–H groups in total.